The Bertz CT molecular complexity index is 1730. The number of nitrogens with zero attached hydrogens (tertiary/aromatic N) is 2. The molecule has 0 saturated carbocycles. The Morgan fingerprint density at radius 3 is 2.13 bits per heavy atom. The smallest absolute Gasteiger partial charge is 0.264 e. The van der Waals surface area contributed by atoms with Crippen molar-refractivity contribution in [2.75, 3.05) is 18.0 Å². The number of rotatable bonds is 14. The molecule has 0 radical (unpaired) electrons. The number of benzene rings is 4. The molecule has 2 amide bonds. The van der Waals surface area contributed by atoms with E-state index in [0.29, 0.717) is 17.9 Å². The van der Waals surface area contributed by atoms with Crippen molar-refractivity contribution in [1.29, 1.82) is 0 Å². The Morgan fingerprint density at radius 2 is 1.48 bits per heavy atom. The fourth-order valence-corrected chi connectivity index (χ4v) is 6.69. The normalized spacial score (nSPS) is 12.5. The molecule has 0 saturated heterocycles. The zero-order valence-electron chi connectivity index (χ0n) is 27.1. The van der Waals surface area contributed by atoms with Gasteiger partial charge < -0.3 is 15.0 Å². The van der Waals surface area contributed by atoms with E-state index in [1.807, 2.05) is 82.3 Å². The number of sulfonamides is 1. The average Bonchev–Trinajstić information content (AvgIpc) is 3.07. The van der Waals surface area contributed by atoms with Crippen LogP contribution in [0.2, 0.25) is 0 Å². The van der Waals surface area contributed by atoms with Crippen molar-refractivity contribution in [3.8, 4) is 5.75 Å². The number of nitrogens with one attached hydrogen (secondary N) is 1. The third kappa shape index (κ3) is 8.34. The summed E-state index contributed by atoms with van der Waals surface area (Å²) in [4.78, 5) is 30.2. The fourth-order valence-electron chi connectivity index (χ4n) is 5.20. The first-order valence-corrected chi connectivity index (χ1v) is 16.9. The minimum atomic E-state index is -4.17. The van der Waals surface area contributed by atoms with Gasteiger partial charge in [0.05, 0.1) is 17.7 Å². The lowest BCUT2D eigenvalue weighted by Crippen LogP contribution is -2.54. The Kier molecular flexibility index (Phi) is 11.6. The summed E-state index contributed by atoms with van der Waals surface area (Å²) in [5.41, 5.74) is 3.65. The molecule has 8 nitrogen and oxygen atoms in total. The summed E-state index contributed by atoms with van der Waals surface area (Å²) in [6.45, 7) is 7.20. The zero-order valence-corrected chi connectivity index (χ0v) is 28.0. The number of ether oxygens (including phenoxy) is 1. The van der Waals surface area contributed by atoms with Gasteiger partial charge in [0.2, 0.25) is 11.8 Å². The number of carbonyl (C=O) groups is 2. The Balaban J connectivity index is 1.84. The van der Waals surface area contributed by atoms with E-state index in [0.717, 1.165) is 26.6 Å². The number of amides is 2. The second kappa shape index (κ2) is 15.6. The van der Waals surface area contributed by atoms with Crippen LogP contribution in [-0.2, 0) is 32.6 Å². The van der Waals surface area contributed by atoms with Gasteiger partial charge in [0.1, 0.15) is 18.3 Å². The highest BCUT2D eigenvalue weighted by molar-refractivity contribution is 7.92. The van der Waals surface area contributed by atoms with Gasteiger partial charge in [-0.1, -0.05) is 79.7 Å². The molecule has 1 N–H and O–H groups in total. The first-order chi connectivity index (χ1) is 22.0. The molecule has 0 aliphatic heterocycles. The summed E-state index contributed by atoms with van der Waals surface area (Å²) in [6.07, 6.45) is 0.955. The number of methoxy groups -OCH3 is 1. The molecule has 4 aromatic rings. The van der Waals surface area contributed by atoms with Crippen molar-refractivity contribution >= 4 is 27.5 Å². The summed E-state index contributed by atoms with van der Waals surface area (Å²) in [5, 5.41) is 3.06. The molecule has 9 heteroatoms. The molecule has 0 aliphatic rings. The predicted molar refractivity (Wildman–Crippen MR) is 182 cm³/mol. The molecule has 0 bridgehead atoms. The molecule has 0 heterocycles. The van der Waals surface area contributed by atoms with Gasteiger partial charge >= 0.3 is 0 Å². The predicted octanol–water partition coefficient (Wildman–Crippen LogP) is 6.06. The van der Waals surface area contributed by atoms with Gasteiger partial charge in [0, 0.05) is 19.0 Å². The molecular formula is C37H43N3O5S. The SMILES string of the molecule is CCC(C)NC(=O)C(Cc1ccccc1)N(Cc1cccc(OC)c1)C(=O)CN(c1cccc(C)c1C)S(=O)(=O)c1ccccc1. The highest BCUT2D eigenvalue weighted by atomic mass is 32.2. The molecule has 0 aromatic heterocycles. The fraction of sp³-hybridized carbons (Fsp3) is 0.297. The largest absolute Gasteiger partial charge is 0.497 e. The van der Waals surface area contributed by atoms with Crippen molar-refractivity contribution in [2.45, 2.75) is 64.1 Å². The van der Waals surface area contributed by atoms with Gasteiger partial charge in [-0.25, -0.2) is 8.42 Å². The van der Waals surface area contributed by atoms with Crippen LogP contribution in [0.3, 0.4) is 0 Å². The highest BCUT2D eigenvalue weighted by Crippen LogP contribution is 2.29. The van der Waals surface area contributed by atoms with Gasteiger partial charge in [0.25, 0.3) is 10.0 Å². The van der Waals surface area contributed by atoms with E-state index in [1.165, 1.54) is 17.0 Å². The van der Waals surface area contributed by atoms with Crippen LogP contribution in [-0.4, -0.2) is 50.9 Å². The maximum atomic E-state index is 14.7. The van der Waals surface area contributed by atoms with Crippen LogP contribution in [0.15, 0.2) is 108 Å². The van der Waals surface area contributed by atoms with Gasteiger partial charge in [-0.2, -0.15) is 0 Å². The number of carbonyl (C=O) groups excluding carboxylic acids is 2. The molecule has 2 unspecified atom stereocenters. The average molecular weight is 642 g/mol. The minimum Gasteiger partial charge on any atom is -0.497 e. The quantitative estimate of drug-likeness (QED) is 0.181. The van der Waals surface area contributed by atoms with Crippen LogP contribution in [0.5, 0.6) is 5.75 Å². The van der Waals surface area contributed by atoms with Crippen LogP contribution < -0.4 is 14.4 Å². The minimum absolute atomic E-state index is 0.0630. The summed E-state index contributed by atoms with van der Waals surface area (Å²) in [5.74, 6) is -0.209. The van der Waals surface area contributed by atoms with E-state index >= 15 is 0 Å². The van der Waals surface area contributed by atoms with Crippen molar-refractivity contribution in [2.24, 2.45) is 0 Å². The van der Waals surface area contributed by atoms with Crippen molar-refractivity contribution in [1.82, 2.24) is 10.2 Å². The lowest BCUT2D eigenvalue weighted by Gasteiger charge is -2.34. The van der Waals surface area contributed by atoms with E-state index in [-0.39, 0.29) is 29.8 Å². The highest BCUT2D eigenvalue weighted by Gasteiger charge is 2.35. The number of hydrogen-bond acceptors (Lipinski definition) is 5. The third-order valence-corrected chi connectivity index (χ3v) is 9.99. The standard InChI is InChI=1S/C37H43N3O5S/c1-6-28(3)38-37(42)35(24-30-16-9-7-10-17-30)39(25-31-18-14-19-32(23-31)45-5)36(41)26-40(34-22-13-15-27(2)29(34)4)46(43,44)33-20-11-8-12-21-33/h7-23,28,35H,6,24-26H2,1-5H3,(H,38,42). The summed E-state index contributed by atoms with van der Waals surface area (Å²) in [7, 11) is -2.60. The van der Waals surface area contributed by atoms with Crippen molar-refractivity contribution in [3.05, 3.63) is 125 Å². The van der Waals surface area contributed by atoms with Gasteiger partial charge in [-0.15, -0.1) is 0 Å². The number of aryl methyl sites for hydroxylation is 1. The maximum absolute atomic E-state index is 14.7. The maximum Gasteiger partial charge on any atom is 0.264 e. The molecule has 46 heavy (non-hydrogen) atoms. The molecule has 242 valence electrons. The molecule has 0 aliphatic carbocycles. The topological polar surface area (TPSA) is 96.0 Å². The lowest BCUT2D eigenvalue weighted by atomic mass is 10.0. The van der Waals surface area contributed by atoms with Gasteiger partial charge in [0.15, 0.2) is 0 Å². The Hall–Kier alpha value is -4.63. The number of hydrogen-bond donors (Lipinski definition) is 1. The van der Waals surface area contributed by atoms with Crippen molar-refractivity contribution in [3.63, 3.8) is 0 Å². The van der Waals surface area contributed by atoms with Crippen LogP contribution in [0, 0.1) is 13.8 Å². The van der Waals surface area contributed by atoms with Crippen LogP contribution in [0.1, 0.15) is 42.5 Å². The van der Waals surface area contributed by atoms with E-state index in [1.54, 1.807) is 43.5 Å². The second-order valence-corrected chi connectivity index (χ2v) is 13.3. The third-order valence-electron chi connectivity index (χ3n) is 8.21. The van der Waals surface area contributed by atoms with Gasteiger partial charge in [-0.3, -0.25) is 13.9 Å². The molecule has 2 atom stereocenters. The van der Waals surface area contributed by atoms with Crippen molar-refractivity contribution < 1.29 is 22.7 Å². The molecule has 0 spiro atoms. The first-order valence-electron chi connectivity index (χ1n) is 15.5. The first kappa shape index (κ1) is 34.2. The van der Waals surface area contributed by atoms with Crippen LogP contribution in [0.4, 0.5) is 5.69 Å². The van der Waals surface area contributed by atoms with Crippen LogP contribution in [0.25, 0.3) is 0 Å². The monoisotopic (exact) mass is 641 g/mol. The molecular weight excluding hydrogens is 598 g/mol. The summed E-state index contributed by atoms with van der Waals surface area (Å²) < 4.78 is 35.1. The summed E-state index contributed by atoms with van der Waals surface area (Å²) >= 11 is 0. The molecule has 0 fully saturated rings. The number of anilines is 1. The van der Waals surface area contributed by atoms with Crippen LogP contribution >= 0.6 is 0 Å². The van der Waals surface area contributed by atoms with E-state index < -0.39 is 28.5 Å². The second-order valence-electron chi connectivity index (χ2n) is 11.4. The van der Waals surface area contributed by atoms with E-state index in [2.05, 4.69) is 5.32 Å². The lowest BCUT2D eigenvalue weighted by molar-refractivity contribution is -0.140. The Morgan fingerprint density at radius 1 is 0.848 bits per heavy atom. The molecule has 4 rings (SSSR count). The van der Waals surface area contributed by atoms with E-state index in [9.17, 15) is 18.0 Å². The zero-order chi connectivity index (χ0) is 33.3. The Labute approximate surface area is 273 Å². The summed E-state index contributed by atoms with van der Waals surface area (Å²) in [6, 6.07) is 29.2. The molecule has 4 aromatic carbocycles. The van der Waals surface area contributed by atoms with E-state index in [4.69, 9.17) is 4.74 Å². The van der Waals surface area contributed by atoms with Gasteiger partial charge in [-0.05, 0) is 79.8 Å².